The van der Waals surface area contributed by atoms with Gasteiger partial charge in [0.15, 0.2) is 0 Å². The zero-order valence-electron chi connectivity index (χ0n) is 18.6. The molecule has 0 aromatic heterocycles. The van der Waals surface area contributed by atoms with Gasteiger partial charge in [-0.3, -0.25) is 5.41 Å². The lowest BCUT2D eigenvalue weighted by atomic mass is 10.0. The maximum atomic E-state index is 7.86. The Morgan fingerprint density at radius 3 is 1.56 bits per heavy atom. The molecule has 0 aliphatic carbocycles. The average Bonchev–Trinajstić information content (AvgIpc) is 2.64. The number of ether oxygens (including phenoxy) is 1. The van der Waals surface area contributed by atoms with Gasteiger partial charge in [0.1, 0.15) is 5.84 Å². The van der Waals surface area contributed by atoms with Gasteiger partial charge in [0.05, 0.1) is 6.61 Å². The third-order valence-electron chi connectivity index (χ3n) is 5.11. The van der Waals surface area contributed by atoms with Crippen LogP contribution in [0.5, 0.6) is 0 Å². The molecule has 0 rings (SSSR count). The molecular formula is C23H47N3O. The molecule has 0 fully saturated rings. The topological polar surface area (TPSA) is 60.2 Å². The summed E-state index contributed by atoms with van der Waals surface area (Å²) >= 11 is 0. The zero-order chi connectivity index (χ0) is 20.2. The number of amidine groups is 1. The number of unbranched alkanes of at least 4 members (excludes halogenated alkanes) is 13. The molecule has 0 atom stereocenters. The first-order chi connectivity index (χ1) is 13.1. The van der Waals surface area contributed by atoms with Crippen LogP contribution in [0.2, 0.25) is 0 Å². The summed E-state index contributed by atoms with van der Waals surface area (Å²) in [6.07, 6.45) is 20.4. The van der Waals surface area contributed by atoms with Gasteiger partial charge in [-0.05, 0) is 6.42 Å². The first-order valence-electron chi connectivity index (χ1n) is 11.5. The van der Waals surface area contributed by atoms with Crippen molar-refractivity contribution in [2.45, 2.75) is 110 Å². The maximum Gasteiger partial charge on any atom is 0.101 e. The Morgan fingerprint density at radius 1 is 0.667 bits per heavy atom. The first-order valence-corrected chi connectivity index (χ1v) is 11.5. The van der Waals surface area contributed by atoms with E-state index in [1.54, 1.807) is 4.90 Å². The Hall–Kier alpha value is -0.900. The third kappa shape index (κ3) is 19.7. The van der Waals surface area contributed by atoms with E-state index in [1.165, 1.54) is 83.5 Å². The molecule has 4 nitrogen and oxygen atoms in total. The van der Waals surface area contributed by atoms with Crippen LogP contribution in [0, 0.1) is 10.8 Å². The largest absolute Gasteiger partial charge is 0.381 e. The number of nitrogens with zero attached hydrogens (tertiary/aromatic N) is 1. The summed E-state index contributed by atoms with van der Waals surface area (Å²) in [5.74, 6) is 0.493. The minimum atomic E-state index is 0.440. The molecule has 2 N–H and O–H groups in total. The highest BCUT2D eigenvalue weighted by molar-refractivity contribution is 6.00. The summed E-state index contributed by atoms with van der Waals surface area (Å²) in [4.78, 5) is 1.75. The molecule has 0 saturated carbocycles. The Labute approximate surface area is 169 Å². The van der Waals surface area contributed by atoms with Crippen LogP contribution in [0.4, 0.5) is 0 Å². The predicted octanol–water partition coefficient (Wildman–Crippen LogP) is 6.82. The second-order valence-electron chi connectivity index (χ2n) is 8.08. The molecule has 0 unspecified atom stereocenters. The molecule has 0 heterocycles. The minimum Gasteiger partial charge on any atom is -0.381 e. The van der Waals surface area contributed by atoms with Gasteiger partial charge in [-0.1, -0.05) is 90.4 Å². The van der Waals surface area contributed by atoms with Crippen LogP contribution in [0.25, 0.3) is 0 Å². The van der Waals surface area contributed by atoms with E-state index in [4.69, 9.17) is 15.6 Å². The smallest absolute Gasteiger partial charge is 0.101 e. The van der Waals surface area contributed by atoms with Gasteiger partial charge in [-0.2, -0.15) is 0 Å². The molecule has 0 aliphatic heterocycles. The van der Waals surface area contributed by atoms with Crippen molar-refractivity contribution < 1.29 is 4.74 Å². The van der Waals surface area contributed by atoms with Crippen molar-refractivity contribution in [3.63, 3.8) is 0 Å². The van der Waals surface area contributed by atoms with E-state index in [2.05, 4.69) is 6.92 Å². The molecule has 0 aromatic carbocycles. The van der Waals surface area contributed by atoms with Gasteiger partial charge in [0.2, 0.25) is 0 Å². The molecule has 0 radical (unpaired) electrons. The Balaban J connectivity index is 3.17. The van der Waals surface area contributed by atoms with Gasteiger partial charge >= 0.3 is 0 Å². The Bertz CT molecular complexity index is 356. The molecule has 27 heavy (non-hydrogen) atoms. The van der Waals surface area contributed by atoms with Gasteiger partial charge in [0.25, 0.3) is 0 Å². The van der Waals surface area contributed by atoms with E-state index in [1.807, 2.05) is 14.1 Å². The summed E-state index contributed by atoms with van der Waals surface area (Å²) < 4.78 is 5.63. The molecule has 0 spiro atoms. The number of nitrogens with one attached hydrogen (secondary N) is 2. The van der Waals surface area contributed by atoms with Crippen molar-refractivity contribution in [1.82, 2.24) is 4.90 Å². The molecule has 0 aromatic rings. The van der Waals surface area contributed by atoms with Crippen molar-refractivity contribution in [3.8, 4) is 0 Å². The standard InChI is InChI=1S/C23H47N3O/c1-4-5-6-7-8-9-10-11-12-13-14-15-16-17-19-27-20-18-22(24)21-23(25)26(2)3/h24-25H,4-21H2,1-3H3. The number of hydrogen-bond donors (Lipinski definition) is 2. The Kier molecular flexibility index (Phi) is 19.2. The molecule has 160 valence electrons. The van der Waals surface area contributed by atoms with Crippen molar-refractivity contribution in [2.75, 3.05) is 27.3 Å². The fraction of sp³-hybridized carbons (Fsp3) is 0.913. The average molecular weight is 382 g/mol. The van der Waals surface area contributed by atoms with E-state index < -0.39 is 0 Å². The third-order valence-corrected chi connectivity index (χ3v) is 5.11. The van der Waals surface area contributed by atoms with E-state index >= 15 is 0 Å². The molecule has 0 bridgehead atoms. The second kappa shape index (κ2) is 19.9. The first kappa shape index (κ1) is 26.1. The monoisotopic (exact) mass is 381 g/mol. The quantitative estimate of drug-likeness (QED) is 0.138. The van der Waals surface area contributed by atoms with Gasteiger partial charge < -0.3 is 15.0 Å². The van der Waals surface area contributed by atoms with Crippen LogP contribution in [0.15, 0.2) is 0 Å². The SMILES string of the molecule is CCCCCCCCCCCCCCCCOCCC(=N)CC(=N)N(C)C. The predicted molar refractivity (Wildman–Crippen MR) is 120 cm³/mol. The highest BCUT2D eigenvalue weighted by Crippen LogP contribution is 2.13. The number of rotatable bonds is 20. The van der Waals surface area contributed by atoms with Crippen molar-refractivity contribution in [2.24, 2.45) is 0 Å². The lowest BCUT2D eigenvalue weighted by molar-refractivity contribution is 0.136. The molecule has 0 amide bonds. The van der Waals surface area contributed by atoms with Crippen LogP contribution in [-0.4, -0.2) is 43.8 Å². The van der Waals surface area contributed by atoms with E-state index in [0.29, 0.717) is 31.0 Å². The van der Waals surface area contributed by atoms with Crippen molar-refractivity contribution in [1.29, 1.82) is 10.8 Å². The van der Waals surface area contributed by atoms with Crippen molar-refractivity contribution in [3.05, 3.63) is 0 Å². The lowest BCUT2D eigenvalue weighted by Gasteiger charge is -2.13. The van der Waals surface area contributed by atoms with Crippen LogP contribution in [-0.2, 0) is 4.74 Å². The molecular weight excluding hydrogens is 334 g/mol. The maximum absolute atomic E-state index is 7.86. The van der Waals surface area contributed by atoms with Crippen molar-refractivity contribution >= 4 is 11.5 Å². The number of hydrogen-bond acceptors (Lipinski definition) is 3. The summed E-state index contributed by atoms with van der Waals surface area (Å²) in [6.45, 7) is 3.72. The normalized spacial score (nSPS) is 10.9. The van der Waals surface area contributed by atoms with E-state index in [9.17, 15) is 0 Å². The lowest BCUT2D eigenvalue weighted by Crippen LogP contribution is -2.23. The molecule has 4 heteroatoms. The van der Waals surface area contributed by atoms with Gasteiger partial charge in [-0.15, -0.1) is 0 Å². The molecule has 0 saturated heterocycles. The fourth-order valence-electron chi connectivity index (χ4n) is 3.14. The van der Waals surface area contributed by atoms with Gasteiger partial charge in [-0.25, -0.2) is 0 Å². The van der Waals surface area contributed by atoms with Crippen LogP contribution >= 0.6 is 0 Å². The summed E-state index contributed by atoms with van der Waals surface area (Å²) in [5, 5.41) is 15.6. The minimum absolute atomic E-state index is 0.440. The summed E-state index contributed by atoms with van der Waals surface area (Å²) in [6, 6.07) is 0. The van der Waals surface area contributed by atoms with Crippen LogP contribution in [0.1, 0.15) is 110 Å². The van der Waals surface area contributed by atoms with Crippen LogP contribution < -0.4 is 0 Å². The van der Waals surface area contributed by atoms with Gasteiger partial charge in [0, 0.05) is 39.3 Å². The van der Waals surface area contributed by atoms with E-state index in [-0.39, 0.29) is 0 Å². The van der Waals surface area contributed by atoms with E-state index in [0.717, 1.165) is 13.0 Å². The fourth-order valence-corrected chi connectivity index (χ4v) is 3.14. The summed E-state index contributed by atoms with van der Waals surface area (Å²) in [5.41, 5.74) is 0.592. The van der Waals surface area contributed by atoms with Crippen LogP contribution in [0.3, 0.4) is 0 Å². The second-order valence-corrected chi connectivity index (χ2v) is 8.08. The highest BCUT2D eigenvalue weighted by Gasteiger charge is 2.04. The Morgan fingerprint density at radius 2 is 1.11 bits per heavy atom. The summed E-state index contributed by atoms with van der Waals surface area (Å²) in [7, 11) is 3.70. The highest BCUT2D eigenvalue weighted by atomic mass is 16.5. The zero-order valence-corrected chi connectivity index (χ0v) is 18.6. The molecule has 0 aliphatic rings.